The summed E-state index contributed by atoms with van der Waals surface area (Å²) in [6, 6.07) is 6.01. The third-order valence-corrected chi connectivity index (χ3v) is 3.70. The fourth-order valence-electron chi connectivity index (χ4n) is 1.92. The molecule has 90 valence electrons. The molecule has 2 rings (SSSR count). The molecule has 17 heavy (non-hydrogen) atoms. The highest BCUT2D eigenvalue weighted by Crippen LogP contribution is 2.36. The number of nitrogens with two attached hydrogens (primary N) is 1. The molecule has 2 aromatic rings. The van der Waals surface area contributed by atoms with E-state index in [1.54, 1.807) is 0 Å². The fraction of sp³-hybridized carbons (Fsp3) is 0.308. The highest BCUT2D eigenvalue weighted by Gasteiger charge is 2.20. The van der Waals surface area contributed by atoms with Gasteiger partial charge in [0.1, 0.15) is 0 Å². The molecule has 0 aliphatic heterocycles. The summed E-state index contributed by atoms with van der Waals surface area (Å²) in [6.45, 7) is 6.21. The van der Waals surface area contributed by atoms with Crippen LogP contribution in [0.3, 0.4) is 0 Å². The van der Waals surface area contributed by atoms with E-state index in [1.165, 1.54) is 0 Å². The zero-order valence-electron chi connectivity index (χ0n) is 10.1. The summed E-state index contributed by atoms with van der Waals surface area (Å²) < 4.78 is 6.44. The second-order valence-electron chi connectivity index (χ2n) is 4.38. The summed E-state index contributed by atoms with van der Waals surface area (Å²) in [5.74, 6) is 1.54. The molecule has 0 amide bonds. The minimum Gasteiger partial charge on any atom is -0.381 e. The van der Waals surface area contributed by atoms with Gasteiger partial charge in [0.25, 0.3) is 0 Å². The van der Waals surface area contributed by atoms with Gasteiger partial charge >= 0.3 is 0 Å². The predicted molar refractivity (Wildman–Crippen MR) is 72.9 cm³/mol. The van der Waals surface area contributed by atoms with Crippen LogP contribution < -0.4 is 5.73 Å². The van der Waals surface area contributed by atoms with Gasteiger partial charge in [-0.2, -0.15) is 0 Å². The molecule has 1 heterocycles. The van der Waals surface area contributed by atoms with Gasteiger partial charge in [0, 0.05) is 15.6 Å². The van der Waals surface area contributed by atoms with Crippen LogP contribution in [0.4, 0.5) is 5.82 Å². The van der Waals surface area contributed by atoms with Crippen molar-refractivity contribution in [2.45, 2.75) is 26.7 Å². The lowest BCUT2D eigenvalue weighted by Gasteiger charge is -2.08. The number of hydrogen-bond donors (Lipinski definition) is 1. The highest BCUT2D eigenvalue weighted by atomic mass is 79.9. The van der Waals surface area contributed by atoms with E-state index in [0.29, 0.717) is 5.82 Å². The number of nitrogens with zero attached hydrogens (tertiary/aromatic N) is 1. The Morgan fingerprint density at radius 1 is 1.35 bits per heavy atom. The van der Waals surface area contributed by atoms with E-state index in [0.717, 1.165) is 26.9 Å². The number of nitrogen functional groups attached to an aromatic ring is 1. The molecule has 0 saturated heterocycles. The topological polar surface area (TPSA) is 52.0 Å². The van der Waals surface area contributed by atoms with Crippen LogP contribution in [0.2, 0.25) is 0 Å². The van der Waals surface area contributed by atoms with Crippen molar-refractivity contribution in [3.8, 4) is 11.3 Å². The fourth-order valence-corrected chi connectivity index (χ4v) is 2.28. The molecule has 0 bridgehead atoms. The SMILES string of the molecule is Cc1c(Br)cccc1-c1onc(N)c1C(C)C. The second kappa shape index (κ2) is 4.53. The summed E-state index contributed by atoms with van der Waals surface area (Å²) in [6.07, 6.45) is 0. The minimum absolute atomic E-state index is 0.287. The first-order valence-corrected chi connectivity index (χ1v) is 6.32. The van der Waals surface area contributed by atoms with Crippen LogP contribution >= 0.6 is 15.9 Å². The van der Waals surface area contributed by atoms with Gasteiger partial charge in [-0.05, 0) is 24.5 Å². The predicted octanol–water partition coefficient (Wildman–Crippen LogP) is 4.12. The van der Waals surface area contributed by atoms with Gasteiger partial charge in [0.15, 0.2) is 11.6 Å². The van der Waals surface area contributed by atoms with Crippen LogP contribution in [0.1, 0.15) is 30.9 Å². The standard InChI is InChI=1S/C13H15BrN2O/c1-7(2)11-12(17-16-13(11)15)9-5-4-6-10(14)8(9)3/h4-7H,1-3H3,(H2,15,16). The summed E-state index contributed by atoms with van der Waals surface area (Å²) >= 11 is 3.52. The summed E-state index contributed by atoms with van der Waals surface area (Å²) in [5, 5.41) is 3.87. The highest BCUT2D eigenvalue weighted by molar-refractivity contribution is 9.10. The normalized spacial score (nSPS) is 11.1. The number of hydrogen-bond acceptors (Lipinski definition) is 3. The molecule has 0 spiro atoms. The van der Waals surface area contributed by atoms with Crippen molar-refractivity contribution in [3.63, 3.8) is 0 Å². The average molecular weight is 295 g/mol. The monoisotopic (exact) mass is 294 g/mol. The molecular formula is C13H15BrN2O. The number of aromatic nitrogens is 1. The Morgan fingerprint density at radius 2 is 2.06 bits per heavy atom. The quantitative estimate of drug-likeness (QED) is 0.906. The Balaban J connectivity index is 2.65. The number of rotatable bonds is 2. The van der Waals surface area contributed by atoms with E-state index >= 15 is 0 Å². The minimum atomic E-state index is 0.287. The van der Waals surface area contributed by atoms with Crippen LogP contribution in [-0.2, 0) is 0 Å². The molecule has 4 heteroatoms. The summed E-state index contributed by atoms with van der Waals surface area (Å²) in [5.41, 5.74) is 8.99. The van der Waals surface area contributed by atoms with Gasteiger partial charge in [0.05, 0.1) is 0 Å². The number of benzene rings is 1. The third-order valence-electron chi connectivity index (χ3n) is 2.85. The lowest BCUT2D eigenvalue weighted by molar-refractivity contribution is 0.434. The van der Waals surface area contributed by atoms with E-state index in [1.807, 2.05) is 25.1 Å². The van der Waals surface area contributed by atoms with Crippen molar-refractivity contribution in [3.05, 3.63) is 33.8 Å². The Labute approximate surface area is 109 Å². The third kappa shape index (κ3) is 2.09. The van der Waals surface area contributed by atoms with Gasteiger partial charge in [-0.15, -0.1) is 0 Å². The van der Waals surface area contributed by atoms with Crippen molar-refractivity contribution >= 4 is 21.7 Å². The van der Waals surface area contributed by atoms with Gasteiger partial charge < -0.3 is 10.3 Å². The van der Waals surface area contributed by atoms with Crippen LogP contribution in [0, 0.1) is 6.92 Å². The molecule has 0 atom stereocenters. The van der Waals surface area contributed by atoms with Crippen molar-refractivity contribution in [1.82, 2.24) is 5.16 Å². The number of halogens is 1. The van der Waals surface area contributed by atoms with Gasteiger partial charge in [-0.1, -0.05) is 47.1 Å². The lowest BCUT2D eigenvalue weighted by Crippen LogP contribution is -1.96. The van der Waals surface area contributed by atoms with Crippen LogP contribution in [0.15, 0.2) is 27.2 Å². The zero-order valence-corrected chi connectivity index (χ0v) is 11.7. The van der Waals surface area contributed by atoms with Gasteiger partial charge in [-0.25, -0.2) is 0 Å². The first-order valence-electron chi connectivity index (χ1n) is 5.53. The van der Waals surface area contributed by atoms with E-state index in [2.05, 4.69) is 34.9 Å². The van der Waals surface area contributed by atoms with Crippen molar-refractivity contribution < 1.29 is 4.52 Å². The van der Waals surface area contributed by atoms with Crippen LogP contribution in [0.25, 0.3) is 11.3 Å². The van der Waals surface area contributed by atoms with Gasteiger partial charge in [0.2, 0.25) is 0 Å². The van der Waals surface area contributed by atoms with E-state index in [-0.39, 0.29) is 5.92 Å². The smallest absolute Gasteiger partial charge is 0.172 e. The van der Waals surface area contributed by atoms with E-state index in [9.17, 15) is 0 Å². The first-order chi connectivity index (χ1) is 8.02. The first kappa shape index (κ1) is 12.2. The van der Waals surface area contributed by atoms with E-state index < -0.39 is 0 Å². The molecule has 1 aromatic carbocycles. The lowest BCUT2D eigenvalue weighted by atomic mass is 9.97. The largest absolute Gasteiger partial charge is 0.381 e. The average Bonchev–Trinajstić information content (AvgIpc) is 2.64. The number of anilines is 1. The van der Waals surface area contributed by atoms with Crippen molar-refractivity contribution in [1.29, 1.82) is 0 Å². The second-order valence-corrected chi connectivity index (χ2v) is 5.23. The Kier molecular flexibility index (Phi) is 3.24. The maximum atomic E-state index is 5.85. The molecular weight excluding hydrogens is 280 g/mol. The van der Waals surface area contributed by atoms with Crippen molar-refractivity contribution in [2.24, 2.45) is 0 Å². The Morgan fingerprint density at radius 3 is 2.71 bits per heavy atom. The maximum Gasteiger partial charge on any atom is 0.172 e. The molecule has 0 aliphatic rings. The van der Waals surface area contributed by atoms with Gasteiger partial charge in [-0.3, -0.25) is 0 Å². The molecule has 2 N–H and O–H groups in total. The summed E-state index contributed by atoms with van der Waals surface area (Å²) in [4.78, 5) is 0. The van der Waals surface area contributed by atoms with Crippen LogP contribution in [0.5, 0.6) is 0 Å². The maximum absolute atomic E-state index is 5.85. The molecule has 0 radical (unpaired) electrons. The summed E-state index contributed by atoms with van der Waals surface area (Å²) in [7, 11) is 0. The zero-order chi connectivity index (χ0) is 12.6. The molecule has 3 nitrogen and oxygen atoms in total. The Hall–Kier alpha value is -1.29. The molecule has 0 saturated carbocycles. The van der Waals surface area contributed by atoms with E-state index in [4.69, 9.17) is 10.3 Å². The van der Waals surface area contributed by atoms with Crippen LogP contribution in [-0.4, -0.2) is 5.16 Å². The Bertz CT molecular complexity index is 546. The molecule has 1 aromatic heterocycles. The molecule has 0 fully saturated rings. The molecule has 0 aliphatic carbocycles. The molecule has 0 unspecified atom stereocenters. The van der Waals surface area contributed by atoms with Crippen molar-refractivity contribution in [2.75, 3.05) is 5.73 Å².